The van der Waals surface area contributed by atoms with Gasteiger partial charge in [0, 0.05) is 11.8 Å². The first-order chi connectivity index (χ1) is 24.0. The zero-order valence-electron chi connectivity index (χ0n) is 27.9. The number of fused-ring (bicyclic) bond motifs is 1. The van der Waals surface area contributed by atoms with Gasteiger partial charge in [0.05, 0.1) is 73.7 Å². The van der Waals surface area contributed by atoms with Crippen LogP contribution in [0.15, 0.2) is 24.3 Å². The van der Waals surface area contributed by atoms with Gasteiger partial charge in [-0.3, -0.25) is 0 Å². The van der Waals surface area contributed by atoms with Gasteiger partial charge in [-0.2, -0.15) is 0 Å². The Bertz CT molecular complexity index is 1440. The van der Waals surface area contributed by atoms with Crippen molar-refractivity contribution in [1.82, 2.24) is 0 Å². The quantitative estimate of drug-likeness (QED) is 0.142. The van der Waals surface area contributed by atoms with Crippen molar-refractivity contribution in [2.24, 2.45) is 11.8 Å². The summed E-state index contributed by atoms with van der Waals surface area (Å²) in [7, 11) is 5.73. The number of aromatic hydroxyl groups is 1. The Hall–Kier alpha value is -3.20. The Kier molecular flexibility index (Phi) is 10.8. The van der Waals surface area contributed by atoms with Gasteiger partial charge in [0.2, 0.25) is 17.8 Å². The molecule has 4 aliphatic heterocycles. The molecule has 0 aliphatic carbocycles. The molecule has 0 saturated carbocycles. The van der Waals surface area contributed by atoms with Gasteiger partial charge in [-0.15, -0.1) is 0 Å². The summed E-state index contributed by atoms with van der Waals surface area (Å²) in [4.78, 5) is 0. The number of phenols is 1. The predicted molar refractivity (Wildman–Crippen MR) is 166 cm³/mol. The molecule has 4 fully saturated rings. The van der Waals surface area contributed by atoms with Gasteiger partial charge in [0.15, 0.2) is 35.4 Å². The summed E-state index contributed by atoms with van der Waals surface area (Å²) in [5.74, 6) is 0.665. The molecule has 0 spiro atoms. The number of rotatable bonds is 12. The maximum atomic E-state index is 11.0. The Labute approximate surface area is 287 Å². The van der Waals surface area contributed by atoms with Gasteiger partial charge >= 0.3 is 0 Å². The van der Waals surface area contributed by atoms with Crippen LogP contribution in [0.4, 0.5) is 0 Å². The largest absolute Gasteiger partial charge is 0.502 e. The Morgan fingerprint density at radius 3 is 1.72 bits per heavy atom. The van der Waals surface area contributed by atoms with E-state index in [4.69, 9.17) is 47.4 Å². The SMILES string of the molecule is COc1cc([C@@H]2OC[C@H]3[C@@H]2CO[C@@H]3c2cc(OC)c(O[C@@H]3O[C@H](CO)[C@@H](O)[C@H](O)[C@H]3O[C@@H]3OC[C@](O)(CO)[C@H]3O)c(OC)c2)cc(OC)c1O. The first kappa shape index (κ1) is 36.6. The van der Waals surface area contributed by atoms with Crippen molar-refractivity contribution in [1.29, 1.82) is 0 Å². The molecule has 278 valence electrons. The molecule has 0 radical (unpaired) electrons. The van der Waals surface area contributed by atoms with Gasteiger partial charge in [-0.05, 0) is 35.4 Å². The van der Waals surface area contributed by atoms with Crippen LogP contribution < -0.4 is 23.7 Å². The summed E-state index contributed by atoms with van der Waals surface area (Å²) >= 11 is 0. The van der Waals surface area contributed by atoms with Crippen LogP contribution in [0, 0.1) is 11.8 Å². The maximum Gasteiger partial charge on any atom is 0.230 e. The fourth-order valence-electron chi connectivity index (χ4n) is 6.97. The summed E-state index contributed by atoms with van der Waals surface area (Å²) in [5.41, 5.74) is -0.567. The maximum absolute atomic E-state index is 11.0. The highest BCUT2D eigenvalue weighted by Crippen LogP contribution is 2.54. The molecule has 0 aromatic heterocycles. The molecule has 0 bridgehead atoms. The van der Waals surface area contributed by atoms with Crippen molar-refractivity contribution in [2.45, 2.75) is 60.9 Å². The number of hydrogen-bond acceptors (Lipinski definition) is 17. The zero-order chi connectivity index (χ0) is 35.9. The lowest BCUT2D eigenvalue weighted by Crippen LogP contribution is -2.62. The minimum Gasteiger partial charge on any atom is -0.502 e. The monoisotopic (exact) mass is 712 g/mol. The van der Waals surface area contributed by atoms with Gasteiger partial charge in [-0.1, -0.05) is 0 Å². The Morgan fingerprint density at radius 2 is 1.26 bits per heavy atom. The van der Waals surface area contributed by atoms with Crippen LogP contribution in [-0.4, -0.2) is 146 Å². The highest BCUT2D eigenvalue weighted by Gasteiger charge is 2.54. The van der Waals surface area contributed by atoms with Crippen molar-refractivity contribution in [3.63, 3.8) is 0 Å². The number of phenolic OH excluding ortho intramolecular Hbond substituents is 1. The van der Waals surface area contributed by atoms with E-state index in [-0.39, 0.29) is 52.4 Å². The van der Waals surface area contributed by atoms with E-state index >= 15 is 0 Å². The zero-order valence-corrected chi connectivity index (χ0v) is 27.9. The third-order valence-electron chi connectivity index (χ3n) is 9.84. The van der Waals surface area contributed by atoms with Crippen molar-refractivity contribution in [3.8, 4) is 34.5 Å². The normalized spacial score (nSPS) is 36.6. The van der Waals surface area contributed by atoms with Gasteiger partial charge in [-0.25, -0.2) is 0 Å². The summed E-state index contributed by atoms with van der Waals surface area (Å²) in [6.45, 7) is -1.24. The van der Waals surface area contributed by atoms with Gasteiger partial charge in [0.25, 0.3) is 0 Å². The van der Waals surface area contributed by atoms with Gasteiger partial charge < -0.3 is 83.1 Å². The Morgan fingerprint density at radius 1 is 0.740 bits per heavy atom. The number of hydrogen-bond donors (Lipinski definition) is 7. The second kappa shape index (κ2) is 14.8. The summed E-state index contributed by atoms with van der Waals surface area (Å²) in [6, 6.07) is 6.82. The topological polar surface area (TPSA) is 234 Å². The molecule has 4 aliphatic rings. The number of aliphatic hydroxyl groups is 6. The molecule has 50 heavy (non-hydrogen) atoms. The van der Waals surface area contributed by atoms with Crippen LogP contribution in [0.25, 0.3) is 0 Å². The van der Waals surface area contributed by atoms with E-state index in [1.54, 1.807) is 24.3 Å². The minimum absolute atomic E-state index is 0.0239. The van der Waals surface area contributed by atoms with E-state index in [1.807, 2.05) is 0 Å². The minimum atomic E-state index is -2.02. The molecule has 6 rings (SSSR count). The first-order valence-electron chi connectivity index (χ1n) is 16.0. The number of methoxy groups -OCH3 is 4. The fraction of sp³-hybridized carbons (Fsp3) is 0.636. The van der Waals surface area contributed by atoms with E-state index in [2.05, 4.69) is 0 Å². The molecule has 4 heterocycles. The molecule has 17 nitrogen and oxygen atoms in total. The summed E-state index contributed by atoms with van der Waals surface area (Å²) in [6.07, 6.45) is -11.8. The van der Waals surface area contributed by atoms with E-state index in [0.717, 1.165) is 5.56 Å². The van der Waals surface area contributed by atoms with Crippen molar-refractivity contribution in [3.05, 3.63) is 35.4 Å². The predicted octanol–water partition coefficient (Wildman–Crippen LogP) is -0.855. The third-order valence-corrected chi connectivity index (χ3v) is 9.84. The van der Waals surface area contributed by atoms with Crippen molar-refractivity contribution < 1.29 is 83.1 Å². The average molecular weight is 713 g/mol. The molecule has 0 unspecified atom stereocenters. The molecule has 12 atom stereocenters. The van der Waals surface area contributed by atoms with Crippen LogP contribution in [0.2, 0.25) is 0 Å². The van der Waals surface area contributed by atoms with Crippen molar-refractivity contribution >= 4 is 0 Å². The fourth-order valence-corrected chi connectivity index (χ4v) is 6.97. The van der Waals surface area contributed by atoms with Crippen LogP contribution in [0.1, 0.15) is 23.3 Å². The molecule has 4 saturated heterocycles. The van der Waals surface area contributed by atoms with Gasteiger partial charge in [0.1, 0.15) is 30.0 Å². The highest BCUT2D eigenvalue weighted by molar-refractivity contribution is 5.55. The van der Waals surface area contributed by atoms with Crippen LogP contribution in [-0.2, 0) is 23.7 Å². The average Bonchev–Trinajstić information content (AvgIpc) is 3.82. The molecule has 7 N–H and O–H groups in total. The lowest BCUT2D eigenvalue weighted by atomic mass is 9.84. The lowest BCUT2D eigenvalue weighted by Gasteiger charge is -2.42. The number of benzene rings is 2. The molecule has 2 aromatic carbocycles. The first-order valence-corrected chi connectivity index (χ1v) is 16.0. The second-order valence-corrected chi connectivity index (χ2v) is 12.7. The molecular formula is C33H44O17. The standard InChI is InChI=1S/C33H44O17/c1-41-18-5-14(6-19(42-2)23(18)36)26-16-10-46-27(17(16)11-45-26)15-7-20(43-3)28(21(8-15)44-4)49-31-29(25(38)24(37)22(9-34)48-31)50-32-30(39)33(40,12-35)13-47-32/h5-8,16-17,22,24-27,29-32,34-40H,9-13H2,1-4H3/t16-,17-,22+,24+,25-,26-,27+,29+,30-,31-,32-,33+/m0/s1. The molecular weight excluding hydrogens is 668 g/mol. The van der Waals surface area contributed by atoms with Crippen molar-refractivity contribution in [2.75, 3.05) is 61.5 Å². The second-order valence-electron chi connectivity index (χ2n) is 12.7. The number of ether oxygens (including phenoxy) is 10. The van der Waals surface area contributed by atoms with Crippen LogP contribution in [0.5, 0.6) is 34.5 Å². The highest BCUT2D eigenvalue weighted by atomic mass is 16.8. The molecule has 2 aromatic rings. The third kappa shape index (κ3) is 6.41. The van der Waals surface area contributed by atoms with E-state index in [9.17, 15) is 35.7 Å². The number of aliphatic hydroxyl groups excluding tert-OH is 5. The van der Waals surface area contributed by atoms with E-state index in [0.29, 0.717) is 18.8 Å². The van der Waals surface area contributed by atoms with Crippen LogP contribution in [0.3, 0.4) is 0 Å². The summed E-state index contributed by atoms with van der Waals surface area (Å²) in [5, 5.41) is 72.4. The van der Waals surface area contributed by atoms with E-state index in [1.165, 1.54) is 28.4 Å². The van der Waals surface area contributed by atoms with Crippen LogP contribution >= 0.6 is 0 Å². The molecule has 0 amide bonds. The smallest absolute Gasteiger partial charge is 0.230 e. The summed E-state index contributed by atoms with van der Waals surface area (Å²) < 4.78 is 57.7. The van der Waals surface area contributed by atoms with E-state index < -0.39 is 74.6 Å². The lowest BCUT2D eigenvalue weighted by molar-refractivity contribution is -0.319. The molecule has 17 heteroatoms. The Balaban J connectivity index is 1.26.